The minimum absolute atomic E-state index is 0.273. The maximum atomic E-state index is 10.9. The van der Waals surface area contributed by atoms with Gasteiger partial charge in [0, 0.05) is 7.05 Å². The molecule has 0 saturated carbocycles. The first-order valence-corrected chi connectivity index (χ1v) is 3.74. The molecule has 1 amide bonds. The fourth-order valence-corrected chi connectivity index (χ4v) is 0.503. The Morgan fingerprint density at radius 2 is 2.08 bits per heavy atom. The Labute approximate surface area is 72.8 Å². The normalized spacial score (nSPS) is 11.5. The molecule has 0 aromatic heterocycles. The number of hydrazine groups is 1. The van der Waals surface area contributed by atoms with Crippen molar-refractivity contribution in [2.24, 2.45) is 5.84 Å². The first-order chi connectivity index (χ1) is 5.31. The summed E-state index contributed by atoms with van der Waals surface area (Å²) in [5.41, 5.74) is -0.461. The van der Waals surface area contributed by atoms with E-state index in [1.165, 1.54) is 5.01 Å². The van der Waals surface area contributed by atoms with E-state index in [1.807, 2.05) is 0 Å². The molecule has 72 valence electrons. The number of nitrogens with one attached hydrogen (secondary N) is 1. The molecule has 0 heterocycles. The first-order valence-electron chi connectivity index (χ1n) is 3.74. The average Bonchev–Trinajstić information content (AvgIpc) is 1.79. The standard InChI is InChI=1S/C7H17N3O2/c1-7(2,3)12-6(11)9-5-10(4)8/h5,8H2,1-4H3,(H,9,11). The molecule has 0 rings (SSSR count). The highest BCUT2D eigenvalue weighted by atomic mass is 16.6. The lowest BCUT2D eigenvalue weighted by atomic mass is 10.2. The summed E-state index contributed by atoms with van der Waals surface area (Å²) in [7, 11) is 1.65. The van der Waals surface area contributed by atoms with Crippen LogP contribution in [0, 0.1) is 0 Å². The average molecular weight is 175 g/mol. The van der Waals surface area contributed by atoms with Gasteiger partial charge in [-0.15, -0.1) is 0 Å². The van der Waals surface area contributed by atoms with Gasteiger partial charge in [-0.1, -0.05) is 0 Å². The fourth-order valence-electron chi connectivity index (χ4n) is 0.503. The van der Waals surface area contributed by atoms with E-state index in [0.29, 0.717) is 0 Å². The SMILES string of the molecule is CN(N)CNC(=O)OC(C)(C)C. The number of amides is 1. The second kappa shape index (κ2) is 4.27. The topological polar surface area (TPSA) is 67.6 Å². The predicted molar refractivity (Wildman–Crippen MR) is 46.2 cm³/mol. The minimum atomic E-state index is -0.461. The molecule has 0 spiro atoms. The Balaban J connectivity index is 3.61. The number of hydrogen-bond donors (Lipinski definition) is 2. The molecule has 0 unspecified atom stereocenters. The molecule has 12 heavy (non-hydrogen) atoms. The summed E-state index contributed by atoms with van der Waals surface area (Å²) in [6.45, 7) is 5.69. The molecule has 0 aliphatic carbocycles. The lowest BCUT2D eigenvalue weighted by Gasteiger charge is -2.20. The number of alkyl carbamates (subject to hydrolysis) is 1. The van der Waals surface area contributed by atoms with E-state index in [1.54, 1.807) is 27.8 Å². The largest absolute Gasteiger partial charge is 0.444 e. The molecule has 5 heteroatoms. The first kappa shape index (κ1) is 11.2. The van der Waals surface area contributed by atoms with Crippen LogP contribution in [0.15, 0.2) is 0 Å². The monoisotopic (exact) mass is 175 g/mol. The molecule has 0 saturated heterocycles. The molecule has 0 fully saturated rings. The smallest absolute Gasteiger partial charge is 0.408 e. The zero-order valence-corrected chi connectivity index (χ0v) is 8.05. The van der Waals surface area contributed by atoms with Crippen LogP contribution in [-0.2, 0) is 4.74 Å². The Morgan fingerprint density at radius 3 is 2.42 bits per heavy atom. The van der Waals surface area contributed by atoms with Crippen molar-refractivity contribution < 1.29 is 9.53 Å². The third-order valence-electron chi connectivity index (χ3n) is 0.872. The van der Waals surface area contributed by atoms with Gasteiger partial charge in [-0.05, 0) is 20.8 Å². The van der Waals surface area contributed by atoms with Gasteiger partial charge in [-0.2, -0.15) is 0 Å². The molecule has 0 atom stereocenters. The Bertz CT molecular complexity index is 151. The van der Waals surface area contributed by atoms with E-state index in [-0.39, 0.29) is 6.67 Å². The maximum absolute atomic E-state index is 10.9. The van der Waals surface area contributed by atoms with Crippen LogP contribution >= 0.6 is 0 Å². The van der Waals surface area contributed by atoms with Gasteiger partial charge in [0.1, 0.15) is 5.60 Å². The number of ether oxygens (including phenoxy) is 1. The summed E-state index contributed by atoms with van der Waals surface area (Å²) in [6.07, 6.45) is -0.459. The van der Waals surface area contributed by atoms with Gasteiger partial charge in [-0.25, -0.2) is 9.80 Å². The van der Waals surface area contributed by atoms with Crippen LogP contribution in [0.2, 0.25) is 0 Å². The van der Waals surface area contributed by atoms with Crippen molar-refractivity contribution in [1.82, 2.24) is 10.3 Å². The molecule has 5 nitrogen and oxygen atoms in total. The molecular weight excluding hydrogens is 158 g/mol. The zero-order valence-electron chi connectivity index (χ0n) is 8.05. The third-order valence-corrected chi connectivity index (χ3v) is 0.872. The van der Waals surface area contributed by atoms with E-state index in [4.69, 9.17) is 10.6 Å². The number of carbonyl (C=O) groups excluding carboxylic acids is 1. The highest BCUT2D eigenvalue weighted by Gasteiger charge is 2.15. The quantitative estimate of drug-likeness (QED) is 0.359. The Kier molecular flexibility index (Phi) is 3.99. The van der Waals surface area contributed by atoms with E-state index >= 15 is 0 Å². The Morgan fingerprint density at radius 1 is 1.58 bits per heavy atom. The van der Waals surface area contributed by atoms with Crippen molar-refractivity contribution in [3.05, 3.63) is 0 Å². The fraction of sp³-hybridized carbons (Fsp3) is 0.857. The number of hydrogen-bond acceptors (Lipinski definition) is 4. The third kappa shape index (κ3) is 7.30. The van der Waals surface area contributed by atoms with Crippen LogP contribution in [-0.4, -0.2) is 30.4 Å². The van der Waals surface area contributed by atoms with Crippen molar-refractivity contribution in [3.8, 4) is 0 Å². The number of carbonyl (C=O) groups is 1. The van der Waals surface area contributed by atoms with Gasteiger partial charge in [0.05, 0.1) is 6.67 Å². The van der Waals surface area contributed by atoms with Crippen LogP contribution in [0.25, 0.3) is 0 Å². The summed E-state index contributed by atoms with van der Waals surface area (Å²) >= 11 is 0. The van der Waals surface area contributed by atoms with Crippen molar-refractivity contribution >= 4 is 6.09 Å². The van der Waals surface area contributed by atoms with Crippen LogP contribution in [0.1, 0.15) is 20.8 Å². The summed E-state index contributed by atoms with van der Waals surface area (Å²) in [5, 5.41) is 3.83. The summed E-state index contributed by atoms with van der Waals surface area (Å²) in [5.74, 6) is 5.27. The predicted octanol–water partition coefficient (Wildman–Crippen LogP) is 0.274. The van der Waals surface area contributed by atoms with Gasteiger partial charge in [0.15, 0.2) is 0 Å². The number of rotatable bonds is 2. The molecule has 0 radical (unpaired) electrons. The van der Waals surface area contributed by atoms with E-state index in [0.717, 1.165) is 0 Å². The lowest BCUT2D eigenvalue weighted by molar-refractivity contribution is 0.0498. The maximum Gasteiger partial charge on any atom is 0.408 e. The molecule has 0 bridgehead atoms. The summed E-state index contributed by atoms with van der Waals surface area (Å²) < 4.78 is 4.96. The van der Waals surface area contributed by atoms with Crippen LogP contribution in [0.3, 0.4) is 0 Å². The van der Waals surface area contributed by atoms with Crippen LogP contribution in [0.4, 0.5) is 4.79 Å². The number of nitrogens with two attached hydrogens (primary N) is 1. The molecule has 0 aromatic carbocycles. The Hall–Kier alpha value is -0.810. The van der Waals surface area contributed by atoms with Gasteiger partial charge < -0.3 is 10.1 Å². The van der Waals surface area contributed by atoms with Gasteiger partial charge in [0.2, 0.25) is 0 Å². The van der Waals surface area contributed by atoms with Crippen LogP contribution in [0.5, 0.6) is 0 Å². The summed E-state index contributed by atoms with van der Waals surface area (Å²) in [6, 6.07) is 0. The molecule has 3 N–H and O–H groups in total. The van der Waals surface area contributed by atoms with E-state index in [9.17, 15) is 4.79 Å². The van der Waals surface area contributed by atoms with Crippen molar-refractivity contribution in [1.29, 1.82) is 0 Å². The highest BCUT2D eigenvalue weighted by molar-refractivity contribution is 5.67. The van der Waals surface area contributed by atoms with E-state index in [2.05, 4.69) is 5.32 Å². The van der Waals surface area contributed by atoms with Crippen molar-refractivity contribution in [2.75, 3.05) is 13.7 Å². The molecule has 0 aliphatic rings. The zero-order chi connectivity index (χ0) is 9.78. The second-order valence-electron chi connectivity index (χ2n) is 3.59. The highest BCUT2D eigenvalue weighted by Crippen LogP contribution is 2.05. The molecular formula is C7H17N3O2. The second-order valence-corrected chi connectivity index (χ2v) is 3.59. The van der Waals surface area contributed by atoms with Crippen molar-refractivity contribution in [2.45, 2.75) is 26.4 Å². The lowest BCUT2D eigenvalue weighted by Crippen LogP contribution is -2.41. The minimum Gasteiger partial charge on any atom is -0.444 e. The van der Waals surface area contributed by atoms with Gasteiger partial charge >= 0.3 is 6.09 Å². The summed E-state index contributed by atoms with van der Waals surface area (Å²) in [4.78, 5) is 10.9. The van der Waals surface area contributed by atoms with Crippen molar-refractivity contribution in [3.63, 3.8) is 0 Å². The van der Waals surface area contributed by atoms with Gasteiger partial charge in [-0.3, -0.25) is 5.84 Å². The number of nitrogens with zero attached hydrogens (tertiary/aromatic N) is 1. The molecule has 0 aromatic rings. The van der Waals surface area contributed by atoms with Gasteiger partial charge in [0.25, 0.3) is 0 Å². The van der Waals surface area contributed by atoms with E-state index < -0.39 is 11.7 Å². The van der Waals surface area contributed by atoms with Crippen LogP contribution < -0.4 is 11.2 Å². The molecule has 0 aliphatic heterocycles.